The van der Waals surface area contributed by atoms with Gasteiger partial charge < -0.3 is 10.6 Å². The smallest absolute Gasteiger partial charge is 0.255 e. The minimum absolute atomic E-state index is 0.183. The van der Waals surface area contributed by atoms with Crippen LogP contribution in [0.3, 0.4) is 0 Å². The monoisotopic (exact) mass is 438 g/mol. The van der Waals surface area contributed by atoms with E-state index in [9.17, 15) is 10.1 Å². The number of carbonyl (C=O) groups is 1. The maximum Gasteiger partial charge on any atom is 0.255 e. The zero-order valence-corrected chi connectivity index (χ0v) is 18.4. The van der Waals surface area contributed by atoms with Gasteiger partial charge in [0, 0.05) is 17.1 Å². The zero-order valence-electron chi connectivity index (χ0n) is 17.6. The topological polar surface area (TPSA) is 77.3 Å². The highest BCUT2D eigenvalue weighted by atomic mass is 32.2. The third-order valence-corrected chi connectivity index (χ3v) is 6.05. The fourth-order valence-corrected chi connectivity index (χ4v) is 4.46. The van der Waals surface area contributed by atoms with Crippen LogP contribution in [0.4, 0.5) is 5.69 Å². The fourth-order valence-electron chi connectivity index (χ4n) is 3.51. The Morgan fingerprint density at radius 2 is 1.69 bits per heavy atom. The molecule has 1 aliphatic heterocycles. The Morgan fingerprint density at radius 3 is 2.41 bits per heavy atom. The summed E-state index contributed by atoms with van der Waals surface area (Å²) in [6.45, 7) is 1.90. The second-order valence-corrected chi connectivity index (χ2v) is 8.25. The van der Waals surface area contributed by atoms with Crippen molar-refractivity contribution in [1.29, 1.82) is 5.26 Å². The quantitative estimate of drug-likeness (QED) is 0.559. The zero-order chi connectivity index (χ0) is 22.3. The molecule has 0 bridgehead atoms. The van der Waals surface area contributed by atoms with Crippen LogP contribution in [0.15, 0.2) is 101 Å². The van der Waals surface area contributed by atoms with Gasteiger partial charge >= 0.3 is 0 Å². The maximum absolute atomic E-state index is 13.2. The van der Waals surface area contributed by atoms with E-state index in [0.717, 1.165) is 27.7 Å². The number of para-hydroxylation sites is 1. The molecule has 1 amide bonds. The first-order chi connectivity index (χ1) is 15.7. The van der Waals surface area contributed by atoms with Gasteiger partial charge in [0.25, 0.3) is 5.91 Å². The third-order valence-electron chi connectivity index (χ3n) is 5.11. The van der Waals surface area contributed by atoms with Crippen LogP contribution in [0.25, 0.3) is 0 Å². The van der Waals surface area contributed by atoms with Crippen molar-refractivity contribution in [3.63, 3.8) is 0 Å². The van der Waals surface area contributed by atoms with E-state index in [1.165, 1.54) is 11.8 Å². The van der Waals surface area contributed by atoms with Gasteiger partial charge in [-0.15, -0.1) is 0 Å². The molecule has 2 N–H and O–H groups in total. The molecule has 0 saturated carbocycles. The Hall–Kier alpha value is -3.82. The van der Waals surface area contributed by atoms with E-state index in [-0.39, 0.29) is 5.91 Å². The summed E-state index contributed by atoms with van der Waals surface area (Å²) in [6.07, 6.45) is 0. The average Bonchev–Trinajstić information content (AvgIpc) is 2.83. The number of anilines is 1. The SMILES string of the molecule is CC1=C(C(=O)Nc2ccccc2)[C@@H](c2ccccc2)N=C(SCc2ccccc2C#N)N1. The molecule has 0 saturated heterocycles. The first kappa shape index (κ1) is 21.4. The van der Waals surface area contributed by atoms with Crippen molar-refractivity contribution in [3.05, 3.63) is 113 Å². The van der Waals surface area contributed by atoms with E-state index in [2.05, 4.69) is 16.7 Å². The number of amides is 1. The lowest BCUT2D eigenvalue weighted by atomic mass is 9.96. The molecule has 5 nitrogen and oxygen atoms in total. The molecule has 3 aromatic carbocycles. The molecule has 0 spiro atoms. The van der Waals surface area contributed by atoms with Crippen LogP contribution in [-0.2, 0) is 10.5 Å². The van der Waals surface area contributed by atoms with Crippen LogP contribution in [0.1, 0.15) is 29.7 Å². The average molecular weight is 439 g/mol. The van der Waals surface area contributed by atoms with Crippen molar-refractivity contribution in [1.82, 2.24) is 5.32 Å². The lowest BCUT2D eigenvalue weighted by molar-refractivity contribution is -0.113. The van der Waals surface area contributed by atoms with Crippen molar-refractivity contribution >= 4 is 28.5 Å². The van der Waals surface area contributed by atoms with E-state index >= 15 is 0 Å². The number of carbonyl (C=O) groups excluding carboxylic acids is 1. The molecule has 0 radical (unpaired) electrons. The Kier molecular flexibility index (Phi) is 6.69. The van der Waals surface area contributed by atoms with Gasteiger partial charge in [-0.2, -0.15) is 5.26 Å². The van der Waals surface area contributed by atoms with Crippen LogP contribution in [0.2, 0.25) is 0 Å². The number of rotatable bonds is 5. The Balaban J connectivity index is 1.60. The number of benzene rings is 3. The number of hydrogen-bond acceptors (Lipinski definition) is 5. The summed E-state index contributed by atoms with van der Waals surface area (Å²) in [6, 6.07) is 28.6. The number of nitriles is 1. The van der Waals surface area contributed by atoms with E-state index < -0.39 is 6.04 Å². The summed E-state index contributed by atoms with van der Waals surface area (Å²) in [5.41, 5.74) is 4.64. The van der Waals surface area contributed by atoms with Gasteiger partial charge in [0.2, 0.25) is 0 Å². The van der Waals surface area contributed by atoms with Gasteiger partial charge in [-0.05, 0) is 36.2 Å². The largest absolute Gasteiger partial charge is 0.338 e. The Bertz CT molecular complexity index is 1210. The second kappa shape index (κ2) is 9.99. The van der Waals surface area contributed by atoms with E-state index in [1.54, 1.807) is 0 Å². The molecule has 1 atom stereocenters. The number of allylic oxidation sites excluding steroid dienone is 1. The molecule has 1 heterocycles. The van der Waals surface area contributed by atoms with Crippen molar-refractivity contribution in [3.8, 4) is 6.07 Å². The molecule has 0 fully saturated rings. The highest BCUT2D eigenvalue weighted by Gasteiger charge is 2.29. The minimum atomic E-state index is -0.421. The Morgan fingerprint density at radius 1 is 1.03 bits per heavy atom. The molecular formula is C26H22N4OS. The molecule has 3 aromatic rings. The number of amidine groups is 1. The number of hydrogen-bond donors (Lipinski definition) is 2. The van der Waals surface area contributed by atoms with Gasteiger partial charge in [0.15, 0.2) is 5.17 Å². The van der Waals surface area contributed by atoms with Crippen molar-refractivity contribution < 1.29 is 4.79 Å². The van der Waals surface area contributed by atoms with Crippen LogP contribution in [-0.4, -0.2) is 11.1 Å². The molecule has 4 rings (SSSR count). The molecule has 158 valence electrons. The fraction of sp³-hybridized carbons (Fsp3) is 0.115. The summed E-state index contributed by atoms with van der Waals surface area (Å²) < 4.78 is 0. The molecule has 0 aromatic heterocycles. The van der Waals surface area contributed by atoms with E-state index in [1.807, 2.05) is 91.9 Å². The minimum Gasteiger partial charge on any atom is -0.338 e. The van der Waals surface area contributed by atoms with Crippen molar-refractivity contribution in [2.24, 2.45) is 4.99 Å². The van der Waals surface area contributed by atoms with E-state index in [4.69, 9.17) is 4.99 Å². The number of nitrogens with zero attached hydrogens (tertiary/aromatic N) is 2. The van der Waals surface area contributed by atoms with Gasteiger partial charge in [-0.1, -0.05) is 78.5 Å². The lowest BCUT2D eigenvalue weighted by Gasteiger charge is -2.26. The standard InChI is InChI=1S/C26H22N4OS/c1-18-23(25(31)29-22-14-6-3-7-15-22)24(19-10-4-2-5-11-19)30-26(28-18)32-17-21-13-9-8-12-20(21)16-27/h2-15,24H,17H2,1H3,(H,28,30)(H,29,31)/t24-/m1/s1. The third kappa shape index (κ3) is 4.90. The lowest BCUT2D eigenvalue weighted by Crippen LogP contribution is -2.32. The summed E-state index contributed by atoms with van der Waals surface area (Å²) >= 11 is 1.52. The van der Waals surface area contributed by atoms with Gasteiger partial charge in [0.05, 0.1) is 17.2 Å². The summed E-state index contributed by atoms with van der Waals surface area (Å²) in [5.74, 6) is 0.424. The summed E-state index contributed by atoms with van der Waals surface area (Å²) in [5, 5.41) is 16.3. The number of thioether (sulfide) groups is 1. The first-order valence-corrected chi connectivity index (χ1v) is 11.2. The number of aliphatic imine (C=N–C) groups is 1. The van der Waals surface area contributed by atoms with E-state index in [0.29, 0.717) is 16.9 Å². The van der Waals surface area contributed by atoms with Crippen LogP contribution in [0.5, 0.6) is 0 Å². The molecule has 32 heavy (non-hydrogen) atoms. The van der Waals surface area contributed by atoms with Gasteiger partial charge in [-0.25, -0.2) is 4.99 Å². The summed E-state index contributed by atoms with van der Waals surface area (Å²) in [7, 11) is 0. The number of nitrogens with one attached hydrogen (secondary N) is 2. The first-order valence-electron chi connectivity index (χ1n) is 10.2. The predicted molar refractivity (Wildman–Crippen MR) is 130 cm³/mol. The molecule has 6 heteroatoms. The van der Waals surface area contributed by atoms with Gasteiger partial charge in [-0.3, -0.25) is 4.79 Å². The second-order valence-electron chi connectivity index (χ2n) is 7.29. The Labute approximate surface area is 191 Å². The normalized spacial score (nSPS) is 15.4. The van der Waals surface area contributed by atoms with Crippen LogP contribution >= 0.6 is 11.8 Å². The van der Waals surface area contributed by atoms with Crippen LogP contribution < -0.4 is 10.6 Å². The van der Waals surface area contributed by atoms with Crippen LogP contribution in [0, 0.1) is 11.3 Å². The highest BCUT2D eigenvalue weighted by molar-refractivity contribution is 8.13. The molecule has 0 unspecified atom stereocenters. The maximum atomic E-state index is 13.2. The highest BCUT2D eigenvalue weighted by Crippen LogP contribution is 2.33. The predicted octanol–water partition coefficient (Wildman–Crippen LogP) is 5.40. The molecular weight excluding hydrogens is 416 g/mol. The molecule has 0 aliphatic carbocycles. The van der Waals surface area contributed by atoms with Gasteiger partial charge in [0.1, 0.15) is 6.04 Å². The van der Waals surface area contributed by atoms with Crippen molar-refractivity contribution in [2.75, 3.05) is 5.32 Å². The molecule has 1 aliphatic rings. The van der Waals surface area contributed by atoms with Crippen molar-refractivity contribution in [2.45, 2.75) is 18.7 Å². The summed E-state index contributed by atoms with van der Waals surface area (Å²) in [4.78, 5) is 18.1.